The average Bonchev–Trinajstić information content (AvgIpc) is 3.29. The van der Waals surface area contributed by atoms with Gasteiger partial charge in [0.15, 0.2) is 0 Å². The van der Waals surface area contributed by atoms with Gasteiger partial charge in [-0.25, -0.2) is 0 Å². The first-order valence-electron chi connectivity index (χ1n) is 10.8. The molecule has 3 nitrogen and oxygen atoms in total. The van der Waals surface area contributed by atoms with Crippen LogP contribution in [0.25, 0.3) is 22.3 Å². The third kappa shape index (κ3) is 4.28. The molecule has 4 aromatic carbocycles. The van der Waals surface area contributed by atoms with Gasteiger partial charge in [0.25, 0.3) is 0 Å². The van der Waals surface area contributed by atoms with Crippen molar-refractivity contribution in [2.24, 2.45) is 0 Å². The first-order chi connectivity index (χ1) is 16.2. The van der Waals surface area contributed by atoms with Crippen LogP contribution in [0, 0.1) is 11.3 Å². The molecule has 0 atom stereocenters. The smallest absolute Gasteiger partial charge is 0.135 e. The fourth-order valence-electron chi connectivity index (χ4n) is 3.99. The highest BCUT2D eigenvalue weighted by Gasteiger charge is 2.13. The van der Waals surface area contributed by atoms with Crippen LogP contribution < -0.4 is 4.90 Å². The second-order valence-corrected chi connectivity index (χ2v) is 7.93. The highest BCUT2D eigenvalue weighted by Crippen LogP contribution is 2.36. The van der Waals surface area contributed by atoms with Crippen LogP contribution in [-0.4, -0.2) is 0 Å². The lowest BCUT2D eigenvalue weighted by atomic mass is 10.1. The maximum Gasteiger partial charge on any atom is 0.135 e. The maximum atomic E-state index is 8.99. The minimum atomic E-state index is 0.534. The lowest BCUT2D eigenvalue weighted by Gasteiger charge is -2.25. The standard InChI is InChI=1S/C30H22N2O/c1-22(21-31)18-23-12-13-25-20-30(33-29(25)19-23)24-14-16-28(17-15-24)32(26-8-4-2-5-9-26)27-10-6-3-7-11-27/h2-17,19-20H,1,18H2. The number of nitriles is 1. The number of allylic oxidation sites excluding steroid dienone is 1. The van der Waals surface area contributed by atoms with E-state index in [4.69, 9.17) is 9.68 Å². The summed E-state index contributed by atoms with van der Waals surface area (Å²) in [5, 5.41) is 10.0. The molecule has 0 unspecified atom stereocenters. The molecule has 0 amide bonds. The SMILES string of the molecule is C=C(C#N)Cc1ccc2cc(-c3ccc(N(c4ccccc4)c4ccccc4)cc3)oc2c1. The van der Waals surface area contributed by atoms with E-state index >= 15 is 0 Å². The molecule has 5 rings (SSSR count). The molecular weight excluding hydrogens is 404 g/mol. The van der Waals surface area contributed by atoms with Crippen molar-refractivity contribution in [2.45, 2.75) is 6.42 Å². The molecule has 0 fully saturated rings. The van der Waals surface area contributed by atoms with Gasteiger partial charge >= 0.3 is 0 Å². The number of rotatable bonds is 6. The minimum absolute atomic E-state index is 0.534. The van der Waals surface area contributed by atoms with Gasteiger partial charge in [-0.1, -0.05) is 55.1 Å². The Kier molecular flexibility index (Phi) is 5.49. The number of para-hydroxylation sites is 2. The Balaban J connectivity index is 1.48. The Hall–Kier alpha value is -4.55. The lowest BCUT2D eigenvalue weighted by Crippen LogP contribution is -2.09. The molecular formula is C30H22N2O. The van der Waals surface area contributed by atoms with E-state index in [1.807, 2.05) is 54.6 Å². The van der Waals surface area contributed by atoms with E-state index < -0.39 is 0 Å². The number of benzene rings is 4. The van der Waals surface area contributed by atoms with Crippen LogP contribution in [0.3, 0.4) is 0 Å². The molecule has 0 N–H and O–H groups in total. The van der Waals surface area contributed by atoms with Gasteiger partial charge < -0.3 is 9.32 Å². The summed E-state index contributed by atoms with van der Waals surface area (Å²) in [5.74, 6) is 0.818. The van der Waals surface area contributed by atoms with Crippen molar-refractivity contribution in [3.63, 3.8) is 0 Å². The second-order valence-electron chi connectivity index (χ2n) is 7.93. The summed E-state index contributed by atoms with van der Waals surface area (Å²) >= 11 is 0. The van der Waals surface area contributed by atoms with Crippen molar-refractivity contribution < 1.29 is 4.42 Å². The Bertz CT molecular complexity index is 1400. The quantitative estimate of drug-likeness (QED) is 0.257. The number of hydrogen-bond donors (Lipinski definition) is 0. The van der Waals surface area contributed by atoms with Gasteiger partial charge in [-0.2, -0.15) is 5.26 Å². The van der Waals surface area contributed by atoms with Gasteiger partial charge in [-0.05, 0) is 66.2 Å². The summed E-state index contributed by atoms with van der Waals surface area (Å²) in [4.78, 5) is 2.23. The molecule has 0 radical (unpaired) electrons. The number of hydrogen-bond acceptors (Lipinski definition) is 3. The van der Waals surface area contributed by atoms with E-state index in [1.54, 1.807) is 0 Å². The van der Waals surface area contributed by atoms with Crippen LogP contribution in [0.15, 0.2) is 126 Å². The van der Waals surface area contributed by atoms with E-state index in [-0.39, 0.29) is 0 Å². The normalized spacial score (nSPS) is 10.6. The fraction of sp³-hybridized carbons (Fsp3) is 0.0333. The summed E-state index contributed by atoms with van der Waals surface area (Å²) in [6.07, 6.45) is 0.534. The third-order valence-electron chi connectivity index (χ3n) is 5.60. The van der Waals surface area contributed by atoms with Crippen molar-refractivity contribution in [2.75, 3.05) is 4.90 Å². The van der Waals surface area contributed by atoms with Crippen molar-refractivity contribution in [3.8, 4) is 17.4 Å². The summed E-state index contributed by atoms with van der Waals surface area (Å²) in [5.41, 5.74) is 6.67. The van der Waals surface area contributed by atoms with Crippen molar-refractivity contribution in [1.82, 2.24) is 0 Å². The van der Waals surface area contributed by atoms with Crippen LogP contribution >= 0.6 is 0 Å². The molecule has 0 spiro atoms. The zero-order valence-electron chi connectivity index (χ0n) is 18.1. The van der Waals surface area contributed by atoms with Crippen molar-refractivity contribution in [3.05, 3.63) is 127 Å². The molecule has 0 saturated heterocycles. The maximum absolute atomic E-state index is 8.99. The summed E-state index contributed by atoms with van der Waals surface area (Å²) < 4.78 is 6.15. The summed E-state index contributed by atoms with van der Waals surface area (Å²) in [6, 6.07) is 39.3. The van der Waals surface area contributed by atoms with Gasteiger partial charge in [0.05, 0.1) is 6.07 Å². The Morgan fingerprint density at radius 1 is 0.758 bits per heavy atom. The summed E-state index contributed by atoms with van der Waals surface area (Å²) in [6.45, 7) is 3.77. The van der Waals surface area contributed by atoms with E-state index in [9.17, 15) is 0 Å². The Morgan fingerprint density at radius 2 is 1.36 bits per heavy atom. The monoisotopic (exact) mass is 426 g/mol. The number of furan rings is 1. The number of anilines is 3. The predicted octanol–water partition coefficient (Wildman–Crippen LogP) is 8.19. The largest absolute Gasteiger partial charge is 0.456 e. The van der Waals surface area contributed by atoms with Gasteiger partial charge in [-0.3, -0.25) is 0 Å². The predicted molar refractivity (Wildman–Crippen MR) is 135 cm³/mol. The zero-order valence-corrected chi connectivity index (χ0v) is 18.1. The molecule has 1 aromatic heterocycles. The molecule has 5 aromatic rings. The molecule has 0 saturated carbocycles. The fourth-order valence-corrected chi connectivity index (χ4v) is 3.99. The molecule has 0 aliphatic rings. The highest BCUT2D eigenvalue weighted by molar-refractivity contribution is 5.84. The zero-order chi connectivity index (χ0) is 22.6. The van der Waals surface area contributed by atoms with Crippen molar-refractivity contribution in [1.29, 1.82) is 5.26 Å². The second kappa shape index (κ2) is 8.90. The lowest BCUT2D eigenvalue weighted by molar-refractivity contribution is 0.631. The Labute approximate surface area is 193 Å². The molecule has 158 valence electrons. The van der Waals surface area contributed by atoms with E-state index in [0.717, 1.165) is 44.9 Å². The first-order valence-corrected chi connectivity index (χ1v) is 10.8. The van der Waals surface area contributed by atoms with Crippen LogP contribution in [0.4, 0.5) is 17.1 Å². The molecule has 0 aliphatic heterocycles. The molecule has 1 heterocycles. The van der Waals surface area contributed by atoms with Gasteiger partial charge in [-0.15, -0.1) is 0 Å². The number of nitrogens with zero attached hydrogens (tertiary/aromatic N) is 2. The van der Waals surface area contributed by atoms with Crippen LogP contribution in [-0.2, 0) is 6.42 Å². The van der Waals surface area contributed by atoms with Crippen LogP contribution in [0.5, 0.6) is 0 Å². The van der Waals surface area contributed by atoms with E-state index in [0.29, 0.717) is 12.0 Å². The molecule has 3 heteroatoms. The molecule has 0 aliphatic carbocycles. The first kappa shape index (κ1) is 20.4. The van der Waals surface area contributed by atoms with E-state index in [1.165, 1.54) is 0 Å². The van der Waals surface area contributed by atoms with Crippen molar-refractivity contribution >= 4 is 28.0 Å². The number of fused-ring (bicyclic) bond motifs is 1. The summed E-state index contributed by atoms with van der Waals surface area (Å²) in [7, 11) is 0. The Morgan fingerprint density at radius 3 is 1.97 bits per heavy atom. The highest BCUT2D eigenvalue weighted by atomic mass is 16.3. The van der Waals surface area contributed by atoms with Gasteiger partial charge in [0, 0.05) is 40.0 Å². The van der Waals surface area contributed by atoms with E-state index in [2.05, 4.69) is 72.1 Å². The topological polar surface area (TPSA) is 40.2 Å². The van der Waals surface area contributed by atoms with Crippen LogP contribution in [0.1, 0.15) is 5.56 Å². The third-order valence-corrected chi connectivity index (χ3v) is 5.60. The molecule has 33 heavy (non-hydrogen) atoms. The molecule has 0 bridgehead atoms. The average molecular weight is 427 g/mol. The van der Waals surface area contributed by atoms with Gasteiger partial charge in [0.1, 0.15) is 11.3 Å². The van der Waals surface area contributed by atoms with Gasteiger partial charge in [0.2, 0.25) is 0 Å². The van der Waals surface area contributed by atoms with Crippen LogP contribution in [0.2, 0.25) is 0 Å². The minimum Gasteiger partial charge on any atom is -0.456 e.